The average molecular weight is 208 g/mol. The van der Waals surface area contributed by atoms with Gasteiger partial charge in [-0.15, -0.1) is 0 Å². The van der Waals surface area contributed by atoms with Crippen LogP contribution in [0.15, 0.2) is 0 Å². The fourth-order valence-electron chi connectivity index (χ4n) is 4.64. The summed E-state index contributed by atoms with van der Waals surface area (Å²) in [6.07, 6.45) is 8.54. The molecule has 84 valence electrons. The molecule has 4 rings (SSSR count). The highest BCUT2D eigenvalue weighted by Gasteiger charge is 2.71. The minimum Gasteiger partial charge on any atom is -0.368 e. The topological polar surface area (TPSA) is 21.8 Å². The molecule has 2 bridgehead atoms. The predicted octanol–water partition coefficient (Wildman–Crippen LogP) is 2.51. The Hall–Kier alpha value is -0.0800. The van der Waals surface area contributed by atoms with Crippen molar-refractivity contribution in [3.05, 3.63) is 0 Å². The summed E-state index contributed by atoms with van der Waals surface area (Å²) in [5.41, 5.74) is 0.312. The summed E-state index contributed by atoms with van der Waals surface area (Å²) in [5.74, 6) is 1.62. The molecule has 0 N–H and O–H groups in total. The monoisotopic (exact) mass is 208 g/mol. The Kier molecular flexibility index (Phi) is 1.56. The standard InChI is InChI=1S/C13H20O2/c1-9-10-4-5-11-3-2-6-12(8-14-12)13(11,7-10)15-9/h9-11H,2-8H2,1H3/t9-,10-,11?,12?,13-/m1/s1. The van der Waals surface area contributed by atoms with Crippen molar-refractivity contribution in [1.82, 2.24) is 0 Å². The van der Waals surface area contributed by atoms with Crippen molar-refractivity contribution in [3.8, 4) is 0 Å². The molecule has 0 aromatic heterocycles. The van der Waals surface area contributed by atoms with E-state index in [-0.39, 0.29) is 11.2 Å². The molecule has 2 spiro atoms. The molecule has 5 atom stereocenters. The maximum atomic E-state index is 6.43. The molecule has 0 aromatic rings. The summed E-state index contributed by atoms with van der Waals surface area (Å²) in [6, 6.07) is 0. The second kappa shape index (κ2) is 2.60. The maximum Gasteiger partial charge on any atom is 0.121 e. The third kappa shape index (κ3) is 0.938. The van der Waals surface area contributed by atoms with Gasteiger partial charge in [0.05, 0.1) is 12.7 Å². The smallest absolute Gasteiger partial charge is 0.121 e. The van der Waals surface area contributed by atoms with Crippen molar-refractivity contribution >= 4 is 0 Å². The van der Waals surface area contributed by atoms with Crippen LogP contribution >= 0.6 is 0 Å². The Morgan fingerprint density at radius 2 is 2.07 bits per heavy atom. The van der Waals surface area contributed by atoms with Crippen LogP contribution < -0.4 is 0 Å². The lowest BCUT2D eigenvalue weighted by atomic mass is 9.60. The molecule has 2 saturated carbocycles. The van der Waals surface area contributed by atoms with Crippen molar-refractivity contribution in [1.29, 1.82) is 0 Å². The fourth-order valence-corrected chi connectivity index (χ4v) is 4.64. The van der Waals surface area contributed by atoms with E-state index in [1.807, 2.05) is 0 Å². The first-order valence-corrected chi connectivity index (χ1v) is 6.58. The summed E-state index contributed by atoms with van der Waals surface area (Å²) in [6.45, 7) is 3.25. The number of epoxide rings is 1. The highest BCUT2D eigenvalue weighted by atomic mass is 16.6. The summed E-state index contributed by atoms with van der Waals surface area (Å²) < 4.78 is 12.3. The molecule has 2 heteroatoms. The van der Waals surface area contributed by atoms with E-state index in [0.29, 0.717) is 6.10 Å². The van der Waals surface area contributed by atoms with Crippen LogP contribution in [0.1, 0.15) is 45.4 Å². The van der Waals surface area contributed by atoms with Crippen LogP contribution in [0.5, 0.6) is 0 Å². The van der Waals surface area contributed by atoms with Crippen molar-refractivity contribution in [3.63, 3.8) is 0 Å². The molecule has 2 aliphatic carbocycles. The molecule has 0 amide bonds. The van der Waals surface area contributed by atoms with Crippen LogP contribution in [-0.4, -0.2) is 23.9 Å². The number of fused-ring (bicyclic) bond motifs is 1. The second-order valence-corrected chi connectivity index (χ2v) is 6.13. The van der Waals surface area contributed by atoms with Crippen molar-refractivity contribution < 1.29 is 9.47 Å². The van der Waals surface area contributed by atoms with E-state index >= 15 is 0 Å². The molecule has 2 heterocycles. The Morgan fingerprint density at radius 1 is 1.20 bits per heavy atom. The summed E-state index contributed by atoms with van der Waals surface area (Å²) in [7, 11) is 0. The minimum absolute atomic E-state index is 0.146. The van der Waals surface area contributed by atoms with Crippen molar-refractivity contribution in [2.45, 2.75) is 62.8 Å². The highest BCUT2D eigenvalue weighted by Crippen LogP contribution is 2.63. The van der Waals surface area contributed by atoms with Crippen LogP contribution in [0.3, 0.4) is 0 Å². The summed E-state index contributed by atoms with van der Waals surface area (Å²) >= 11 is 0. The molecule has 2 nitrogen and oxygen atoms in total. The first-order chi connectivity index (χ1) is 7.26. The van der Waals surface area contributed by atoms with E-state index in [9.17, 15) is 0 Å². The van der Waals surface area contributed by atoms with Gasteiger partial charge in [-0.2, -0.15) is 0 Å². The first-order valence-electron chi connectivity index (χ1n) is 6.58. The number of rotatable bonds is 0. The fraction of sp³-hybridized carbons (Fsp3) is 1.00. The van der Waals surface area contributed by atoms with Crippen LogP contribution in [0, 0.1) is 11.8 Å². The van der Waals surface area contributed by atoms with Gasteiger partial charge in [-0.25, -0.2) is 0 Å². The third-order valence-electron chi connectivity index (χ3n) is 5.57. The highest BCUT2D eigenvalue weighted by molar-refractivity contribution is 5.20. The van der Waals surface area contributed by atoms with Crippen molar-refractivity contribution in [2.75, 3.05) is 6.61 Å². The second-order valence-electron chi connectivity index (χ2n) is 6.13. The third-order valence-corrected chi connectivity index (χ3v) is 5.57. The summed E-state index contributed by atoms with van der Waals surface area (Å²) in [5, 5.41) is 0. The van der Waals surface area contributed by atoms with E-state index < -0.39 is 0 Å². The zero-order chi connectivity index (χ0) is 10.1. The van der Waals surface area contributed by atoms with Crippen LogP contribution in [-0.2, 0) is 9.47 Å². The molecular formula is C13H20O2. The lowest BCUT2D eigenvalue weighted by Gasteiger charge is -2.47. The molecule has 2 unspecified atom stereocenters. The van der Waals surface area contributed by atoms with Gasteiger partial charge in [0.1, 0.15) is 11.2 Å². The number of ether oxygens (including phenoxy) is 2. The molecule has 0 radical (unpaired) electrons. The van der Waals surface area contributed by atoms with Crippen LogP contribution in [0.2, 0.25) is 0 Å². The van der Waals surface area contributed by atoms with Crippen molar-refractivity contribution in [2.24, 2.45) is 11.8 Å². The Labute approximate surface area is 91.3 Å². The van der Waals surface area contributed by atoms with Gasteiger partial charge in [0.15, 0.2) is 0 Å². The van der Waals surface area contributed by atoms with Gasteiger partial charge in [-0.05, 0) is 57.3 Å². The number of hydrogen-bond acceptors (Lipinski definition) is 2. The number of hydrogen-bond donors (Lipinski definition) is 0. The zero-order valence-corrected chi connectivity index (χ0v) is 9.50. The largest absolute Gasteiger partial charge is 0.368 e. The van der Waals surface area contributed by atoms with Gasteiger partial charge in [-0.3, -0.25) is 0 Å². The van der Waals surface area contributed by atoms with Gasteiger partial charge in [0.2, 0.25) is 0 Å². The predicted molar refractivity (Wildman–Crippen MR) is 56.6 cm³/mol. The molecule has 2 saturated heterocycles. The van der Waals surface area contributed by atoms with E-state index in [1.165, 1.54) is 38.5 Å². The first kappa shape index (κ1) is 9.00. The Bertz CT molecular complexity index is 293. The molecule has 4 aliphatic rings. The normalized spacial score (nSPS) is 61.8. The lowest BCUT2D eigenvalue weighted by molar-refractivity contribution is -0.141. The molecule has 15 heavy (non-hydrogen) atoms. The quantitative estimate of drug-likeness (QED) is 0.571. The Balaban J connectivity index is 1.77. The van der Waals surface area contributed by atoms with Gasteiger partial charge in [0, 0.05) is 0 Å². The van der Waals surface area contributed by atoms with Gasteiger partial charge in [-0.1, -0.05) is 0 Å². The van der Waals surface area contributed by atoms with Gasteiger partial charge < -0.3 is 9.47 Å². The van der Waals surface area contributed by atoms with E-state index in [4.69, 9.17) is 9.47 Å². The Morgan fingerprint density at radius 3 is 2.87 bits per heavy atom. The lowest BCUT2D eigenvalue weighted by Crippen LogP contribution is -2.55. The maximum absolute atomic E-state index is 6.43. The van der Waals surface area contributed by atoms with Gasteiger partial charge >= 0.3 is 0 Å². The molecule has 4 fully saturated rings. The van der Waals surface area contributed by atoms with Gasteiger partial charge in [0.25, 0.3) is 0 Å². The minimum atomic E-state index is 0.146. The van der Waals surface area contributed by atoms with E-state index in [2.05, 4.69) is 6.92 Å². The van der Waals surface area contributed by atoms with Crippen LogP contribution in [0.25, 0.3) is 0 Å². The van der Waals surface area contributed by atoms with E-state index in [0.717, 1.165) is 18.4 Å². The van der Waals surface area contributed by atoms with E-state index in [1.54, 1.807) is 0 Å². The average Bonchev–Trinajstić information content (AvgIpc) is 2.96. The summed E-state index contributed by atoms with van der Waals surface area (Å²) in [4.78, 5) is 0. The SMILES string of the molecule is C[C@H]1O[C@]23C[C@H]1CCC2CCCC31CO1. The molecular weight excluding hydrogens is 188 g/mol. The molecule has 0 aromatic carbocycles. The zero-order valence-electron chi connectivity index (χ0n) is 9.50. The van der Waals surface area contributed by atoms with Crippen LogP contribution in [0.4, 0.5) is 0 Å². The molecule has 2 aliphatic heterocycles.